The fourth-order valence-electron chi connectivity index (χ4n) is 4.99. The second kappa shape index (κ2) is 9.61. The van der Waals surface area contributed by atoms with E-state index in [0.717, 1.165) is 28.7 Å². The average Bonchev–Trinajstić information content (AvgIpc) is 3.32. The second-order valence-corrected chi connectivity index (χ2v) is 9.27. The molecule has 0 bridgehead atoms. The van der Waals surface area contributed by atoms with Gasteiger partial charge in [0, 0.05) is 24.0 Å². The molecule has 3 aromatic heterocycles. The minimum absolute atomic E-state index is 0.0841. The summed E-state index contributed by atoms with van der Waals surface area (Å²) in [4.78, 5) is 46.0. The largest absolute Gasteiger partial charge is 0.445 e. The first kappa shape index (κ1) is 24.4. The Morgan fingerprint density at radius 3 is 2.65 bits per heavy atom. The van der Waals surface area contributed by atoms with Crippen LogP contribution >= 0.6 is 0 Å². The lowest BCUT2D eigenvalue weighted by atomic mass is 9.75. The van der Waals surface area contributed by atoms with E-state index in [9.17, 15) is 23.2 Å². The lowest BCUT2D eigenvalue weighted by Gasteiger charge is -2.37. The maximum absolute atomic E-state index is 13.6. The van der Waals surface area contributed by atoms with Gasteiger partial charge in [0.25, 0.3) is 11.5 Å². The molecule has 5 rings (SSSR count). The third-order valence-corrected chi connectivity index (χ3v) is 7.03. The number of primary amides is 1. The summed E-state index contributed by atoms with van der Waals surface area (Å²) in [6.45, 7) is -0.0841. The number of carbonyl (C=O) groups is 2. The molecule has 4 aromatic rings. The molecule has 10 heteroatoms. The quantitative estimate of drug-likeness (QED) is 0.386. The molecule has 0 aliphatic heterocycles. The smallest absolute Gasteiger partial charge is 0.344 e. The van der Waals surface area contributed by atoms with Crippen molar-refractivity contribution in [3.63, 3.8) is 0 Å². The van der Waals surface area contributed by atoms with Gasteiger partial charge in [-0.2, -0.15) is 0 Å². The van der Waals surface area contributed by atoms with E-state index in [1.54, 1.807) is 6.20 Å². The van der Waals surface area contributed by atoms with Crippen molar-refractivity contribution < 1.29 is 23.1 Å². The van der Waals surface area contributed by atoms with Crippen LogP contribution in [-0.2, 0) is 16.1 Å². The van der Waals surface area contributed by atoms with Gasteiger partial charge in [-0.05, 0) is 79.1 Å². The number of nitrogens with two attached hydrogens (primary N) is 1. The van der Waals surface area contributed by atoms with Crippen molar-refractivity contribution in [2.45, 2.75) is 43.7 Å². The molecule has 0 radical (unpaired) electrons. The molecule has 0 saturated heterocycles. The van der Waals surface area contributed by atoms with Crippen LogP contribution in [0.15, 0.2) is 65.8 Å². The molecule has 0 spiro atoms. The number of ether oxygens (including phenoxy) is 1. The molecule has 8 nitrogen and oxygen atoms in total. The topological polar surface area (TPSA) is 120 Å². The number of nitrogens with zero attached hydrogens (tertiary/aromatic N) is 2. The maximum Gasteiger partial charge on any atom is 0.344 e. The molecule has 1 aromatic carbocycles. The van der Waals surface area contributed by atoms with E-state index in [1.165, 1.54) is 29.0 Å². The molecule has 3 N–H and O–H groups in total. The Hall–Kier alpha value is -4.34. The summed E-state index contributed by atoms with van der Waals surface area (Å²) in [5.74, 6) is -3.64. The zero-order valence-electron chi connectivity index (χ0n) is 19.7. The van der Waals surface area contributed by atoms with Gasteiger partial charge < -0.3 is 20.0 Å². The number of aromatic nitrogens is 3. The fraction of sp³-hybridized carbons (Fsp3) is 0.259. The van der Waals surface area contributed by atoms with Gasteiger partial charge in [0.15, 0.2) is 17.2 Å². The molecular formula is C27H24F2N4O4. The first-order valence-corrected chi connectivity index (χ1v) is 11.9. The van der Waals surface area contributed by atoms with Crippen LogP contribution in [0.1, 0.15) is 53.1 Å². The second-order valence-electron chi connectivity index (χ2n) is 9.27. The maximum atomic E-state index is 13.6. The van der Waals surface area contributed by atoms with E-state index < -0.39 is 34.7 Å². The average molecular weight is 507 g/mol. The summed E-state index contributed by atoms with van der Waals surface area (Å²) < 4.78 is 33.6. The minimum Gasteiger partial charge on any atom is -0.445 e. The van der Waals surface area contributed by atoms with Gasteiger partial charge in [0.1, 0.15) is 11.2 Å². The number of halogens is 2. The number of esters is 1. The predicted molar refractivity (Wildman–Crippen MR) is 131 cm³/mol. The number of rotatable bonds is 6. The van der Waals surface area contributed by atoms with Crippen molar-refractivity contribution in [1.82, 2.24) is 14.5 Å². The third kappa shape index (κ3) is 4.62. The summed E-state index contributed by atoms with van der Waals surface area (Å²) in [6, 6.07) is 9.90. The van der Waals surface area contributed by atoms with E-state index in [0.29, 0.717) is 18.4 Å². The number of hydrogen-bond donors (Lipinski definition) is 2. The third-order valence-electron chi connectivity index (χ3n) is 7.03. The van der Waals surface area contributed by atoms with Crippen LogP contribution in [0.3, 0.4) is 0 Å². The van der Waals surface area contributed by atoms with Gasteiger partial charge in [-0.25, -0.2) is 18.6 Å². The molecule has 190 valence electrons. The highest BCUT2D eigenvalue weighted by atomic mass is 19.2. The summed E-state index contributed by atoms with van der Waals surface area (Å²) >= 11 is 0. The predicted octanol–water partition coefficient (Wildman–Crippen LogP) is 3.79. The Morgan fingerprint density at radius 1 is 1.14 bits per heavy atom. The van der Waals surface area contributed by atoms with Crippen molar-refractivity contribution in [2.24, 2.45) is 5.73 Å². The molecule has 0 unspecified atom stereocenters. The number of H-pyrrole nitrogens is 1. The van der Waals surface area contributed by atoms with Crippen molar-refractivity contribution in [1.29, 1.82) is 0 Å². The number of aromatic amines is 1. The number of nitrogens with one attached hydrogen (secondary N) is 1. The molecule has 1 aliphatic rings. The van der Waals surface area contributed by atoms with E-state index in [1.807, 2.05) is 18.3 Å². The van der Waals surface area contributed by atoms with Crippen LogP contribution in [0.4, 0.5) is 8.78 Å². The number of fused-ring (bicyclic) bond motifs is 1. The Morgan fingerprint density at radius 2 is 1.92 bits per heavy atom. The van der Waals surface area contributed by atoms with E-state index >= 15 is 0 Å². The van der Waals surface area contributed by atoms with Crippen LogP contribution in [0, 0.1) is 11.6 Å². The monoisotopic (exact) mass is 506 g/mol. The molecule has 1 amide bonds. The number of pyridine rings is 2. The van der Waals surface area contributed by atoms with Crippen molar-refractivity contribution in [2.75, 3.05) is 0 Å². The highest BCUT2D eigenvalue weighted by Crippen LogP contribution is 2.42. The van der Waals surface area contributed by atoms with Gasteiger partial charge in [0.2, 0.25) is 0 Å². The van der Waals surface area contributed by atoms with Crippen molar-refractivity contribution >= 4 is 22.9 Å². The molecule has 1 saturated carbocycles. The fourth-order valence-corrected chi connectivity index (χ4v) is 4.99. The SMILES string of the molecule is NC(=O)C1(OC(=O)c2cccn(Cc3ccc(F)c(F)c3)c2=O)CCC(c2c[nH]c3ncccc23)CC1. The Labute approximate surface area is 210 Å². The molecule has 1 aliphatic carbocycles. The van der Waals surface area contributed by atoms with E-state index in [4.69, 9.17) is 10.5 Å². The standard InChI is InChI=1S/C27H24F2N4O4/c28-21-6-5-16(13-22(21)29)15-33-12-2-4-19(24(33)34)25(35)37-27(26(30)36)9-7-17(8-10-27)20-14-32-23-18(20)3-1-11-31-23/h1-6,11-14,17H,7-10,15H2,(H2,30,36)(H,31,32). The van der Waals surface area contributed by atoms with Crippen LogP contribution in [-0.4, -0.2) is 32.0 Å². The van der Waals surface area contributed by atoms with Crippen LogP contribution < -0.4 is 11.3 Å². The number of amides is 1. The molecule has 3 heterocycles. The molecule has 0 atom stereocenters. The summed E-state index contributed by atoms with van der Waals surface area (Å²) in [7, 11) is 0. The van der Waals surface area contributed by atoms with E-state index in [-0.39, 0.29) is 30.9 Å². The van der Waals surface area contributed by atoms with Gasteiger partial charge in [-0.15, -0.1) is 0 Å². The summed E-state index contributed by atoms with van der Waals surface area (Å²) in [6.07, 6.45) is 6.55. The van der Waals surface area contributed by atoms with Gasteiger partial charge in [-0.1, -0.05) is 6.07 Å². The zero-order chi connectivity index (χ0) is 26.2. The molecule has 1 fully saturated rings. The van der Waals surface area contributed by atoms with Crippen LogP contribution in [0.5, 0.6) is 0 Å². The van der Waals surface area contributed by atoms with Crippen molar-refractivity contribution in [3.8, 4) is 0 Å². The van der Waals surface area contributed by atoms with Crippen molar-refractivity contribution in [3.05, 3.63) is 99.7 Å². The number of benzene rings is 1. The van der Waals surface area contributed by atoms with Gasteiger partial charge in [-0.3, -0.25) is 9.59 Å². The zero-order valence-corrected chi connectivity index (χ0v) is 19.7. The Balaban J connectivity index is 1.34. The lowest BCUT2D eigenvalue weighted by Crippen LogP contribution is -2.50. The minimum atomic E-state index is -1.54. The number of hydrogen-bond acceptors (Lipinski definition) is 5. The first-order chi connectivity index (χ1) is 17.8. The Bertz CT molecular complexity index is 1550. The first-order valence-electron chi connectivity index (χ1n) is 11.9. The highest BCUT2D eigenvalue weighted by Gasteiger charge is 2.45. The van der Waals surface area contributed by atoms with Crippen LogP contribution in [0.2, 0.25) is 0 Å². The van der Waals surface area contributed by atoms with Crippen LogP contribution in [0.25, 0.3) is 11.0 Å². The molecule has 37 heavy (non-hydrogen) atoms. The normalized spacial score (nSPS) is 19.6. The number of carbonyl (C=O) groups excluding carboxylic acids is 2. The van der Waals surface area contributed by atoms with Gasteiger partial charge in [0.05, 0.1) is 6.54 Å². The molecular weight excluding hydrogens is 482 g/mol. The lowest BCUT2D eigenvalue weighted by molar-refractivity contribution is -0.141. The van der Waals surface area contributed by atoms with Gasteiger partial charge >= 0.3 is 5.97 Å². The van der Waals surface area contributed by atoms with E-state index in [2.05, 4.69) is 9.97 Å². The Kier molecular flexibility index (Phi) is 6.32. The summed E-state index contributed by atoms with van der Waals surface area (Å²) in [5.41, 5.74) is 5.39. The summed E-state index contributed by atoms with van der Waals surface area (Å²) in [5, 5.41) is 1.00. The highest BCUT2D eigenvalue weighted by molar-refractivity contribution is 5.93.